The summed E-state index contributed by atoms with van der Waals surface area (Å²) in [6.07, 6.45) is 0. The highest BCUT2D eigenvalue weighted by molar-refractivity contribution is 6.18. The lowest BCUT2D eigenvalue weighted by molar-refractivity contribution is 0.669. The normalized spacial score (nSPS) is 11.6. The predicted octanol–water partition coefficient (Wildman–Crippen LogP) is 14.6. The first-order valence-corrected chi connectivity index (χ1v) is 18.8. The van der Waals surface area contributed by atoms with Crippen LogP contribution in [0.3, 0.4) is 0 Å². The molecule has 0 aliphatic heterocycles. The maximum Gasteiger partial charge on any atom is 0.137 e. The molecular weight excluding hydrogens is 669 g/mol. The van der Waals surface area contributed by atoms with Crippen molar-refractivity contribution in [3.05, 3.63) is 206 Å². The van der Waals surface area contributed by atoms with Crippen molar-refractivity contribution < 1.29 is 4.42 Å². The zero-order valence-electron chi connectivity index (χ0n) is 29.9. The Balaban J connectivity index is 1.00. The van der Waals surface area contributed by atoms with Gasteiger partial charge in [0.15, 0.2) is 0 Å². The van der Waals surface area contributed by atoms with Crippen molar-refractivity contribution in [2.75, 3.05) is 4.90 Å². The lowest BCUT2D eigenvalue weighted by Gasteiger charge is -2.26. The summed E-state index contributed by atoms with van der Waals surface area (Å²) in [4.78, 5) is 2.35. The number of fused-ring (bicyclic) bond motifs is 8. The van der Waals surface area contributed by atoms with Gasteiger partial charge in [-0.3, -0.25) is 0 Å². The average molecular weight is 703 g/mol. The van der Waals surface area contributed by atoms with E-state index in [4.69, 9.17) is 4.42 Å². The Kier molecular flexibility index (Phi) is 7.17. The number of nitrogens with zero attached hydrogens (tertiary/aromatic N) is 2. The molecule has 11 rings (SSSR count). The lowest BCUT2D eigenvalue weighted by atomic mass is 10.0. The summed E-state index contributed by atoms with van der Waals surface area (Å²) < 4.78 is 8.76. The summed E-state index contributed by atoms with van der Waals surface area (Å²) in [7, 11) is 0. The number of hydrogen-bond donors (Lipinski definition) is 0. The molecule has 0 spiro atoms. The number of hydrogen-bond acceptors (Lipinski definition) is 2. The van der Waals surface area contributed by atoms with Gasteiger partial charge in [-0.2, -0.15) is 0 Å². The van der Waals surface area contributed by atoms with Gasteiger partial charge in [0.2, 0.25) is 0 Å². The largest absolute Gasteiger partial charge is 0.456 e. The van der Waals surface area contributed by atoms with E-state index in [1.165, 1.54) is 49.3 Å². The summed E-state index contributed by atoms with van der Waals surface area (Å²) in [5.74, 6) is 0. The molecule has 0 amide bonds. The highest BCUT2D eigenvalue weighted by atomic mass is 16.3. The number of aromatic nitrogens is 1. The van der Waals surface area contributed by atoms with Crippen molar-refractivity contribution in [2.45, 2.75) is 0 Å². The first kappa shape index (κ1) is 31.2. The van der Waals surface area contributed by atoms with E-state index in [0.717, 1.165) is 50.3 Å². The van der Waals surface area contributed by atoms with Gasteiger partial charge >= 0.3 is 0 Å². The fourth-order valence-corrected chi connectivity index (χ4v) is 8.41. The third-order valence-electron chi connectivity index (χ3n) is 11.0. The van der Waals surface area contributed by atoms with E-state index in [1.54, 1.807) is 0 Å². The monoisotopic (exact) mass is 702 g/mol. The summed E-state index contributed by atoms with van der Waals surface area (Å²) in [6.45, 7) is 0. The van der Waals surface area contributed by atoms with Crippen LogP contribution in [0.2, 0.25) is 0 Å². The summed E-state index contributed by atoms with van der Waals surface area (Å²) in [6, 6.07) is 73.8. The molecule has 3 heteroatoms. The molecule has 0 aliphatic rings. The van der Waals surface area contributed by atoms with Crippen molar-refractivity contribution in [3.63, 3.8) is 0 Å². The van der Waals surface area contributed by atoms with E-state index < -0.39 is 0 Å². The second-order valence-electron chi connectivity index (χ2n) is 14.1. The second-order valence-corrected chi connectivity index (χ2v) is 14.1. The van der Waals surface area contributed by atoms with Gasteiger partial charge in [0, 0.05) is 38.6 Å². The maximum absolute atomic E-state index is 6.35. The number of rotatable bonds is 6. The van der Waals surface area contributed by atoms with E-state index in [0.29, 0.717) is 0 Å². The van der Waals surface area contributed by atoms with Crippen molar-refractivity contribution in [2.24, 2.45) is 0 Å². The first-order valence-electron chi connectivity index (χ1n) is 18.8. The Morgan fingerprint density at radius 3 is 1.65 bits per heavy atom. The Hall–Kier alpha value is -7.36. The fourth-order valence-electron chi connectivity index (χ4n) is 8.41. The molecule has 0 saturated carbocycles. The minimum Gasteiger partial charge on any atom is -0.456 e. The van der Waals surface area contributed by atoms with Gasteiger partial charge in [-0.1, -0.05) is 146 Å². The van der Waals surface area contributed by atoms with Gasteiger partial charge in [0.1, 0.15) is 11.2 Å². The molecule has 2 heterocycles. The highest BCUT2D eigenvalue weighted by Crippen LogP contribution is 2.44. The molecule has 0 radical (unpaired) electrons. The summed E-state index contributed by atoms with van der Waals surface area (Å²) in [5, 5.41) is 7.24. The van der Waals surface area contributed by atoms with Crippen molar-refractivity contribution in [3.8, 4) is 27.9 Å². The number of para-hydroxylation sites is 2. The molecule has 258 valence electrons. The van der Waals surface area contributed by atoms with Gasteiger partial charge < -0.3 is 13.9 Å². The van der Waals surface area contributed by atoms with Crippen LogP contribution in [0.15, 0.2) is 211 Å². The Labute approximate surface area is 318 Å². The van der Waals surface area contributed by atoms with Crippen LogP contribution in [-0.4, -0.2) is 4.57 Å². The quantitative estimate of drug-likeness (QED) is 0.172. The predicted molar refractivity (Wildman–Crippen MR) is 231 cm³/mol. The second kappa shape index (κ2) is 12.6. The Morgan fingerprint density at radius 2 is 0.927 bits per heavy atom. The van der Waals surface area contributed by atoms with Gasteiger partial charge in [0.05, 0.1) is 22.1 Å². The summed E-state index contributed by atoms with van der Waals surface area (Å²) >= 11 is 0. The van der Waals surface area contributed by atoms with Crippen LogP contribution in [0.5, 0.6) is 0 Å². The molecule has 0 aliphatic carbocycles. The third-order valence-corrected chi connectivity index (χ3v) is 11.0. The molecule has 9 aromatic carbocycles. The molecule has 2 aromatic heterocycles. The van der Waals surface area contributed by atoms with Crippen LogP contribution in [0.4, 0.5) is 17.1 Å². The zero-order valence-corrected chi connectivity index (χ0v) is 29.9. The topological polar surface area (TPSA) is 21.3 Å². The van der Waals surface area contributed by atoms with Gasteiger partial charge in [0.25, 0.3) is 0 Å². The van der Waals surface area contributed by atoms with Gasteiger partial charge in [-0.05, 0) is 88.3 Å². The molecule has 3 nitrogen and oxygen atoms in total. The van der Waals surface area contributed by atoms with E-state index in [-0.39, 0.29) is 0 Å². The van der Waals surface area contributed by atoms with Crippen molar-refractivity contribution in [1.82, 2.24) is 4.57 Å². The van der Waals surface area contributed by atoms with Gasteiger partial charge in [-0.15, -0.1) is 0 Å². The van der Waals surface area contributed by atoms with Crippen molar-refractivity contribution in [1.29, 1.82) is 0 Å². The van der Waals surface area contributed by atoms with E-state index in [9.17, 15) is 0 Å². The van der Waals surface area contributed by atoms with Crippen LogP contribution >= 0.6 is 0 Å². The number of furan rings is 1. The maximum atomic E-state index is 6.35. The molecule has 11 aromatic rings. The molecule has 0 N–H and O–H groups in total. The average Bonchev–Trinajstić information content (AvgIpc) is 3.81. The van der Waals surface area contributed by atoms with E-state index in [1.807, 2.05) is 12.1 Å². The van der Waals surface area contributed by atoms with Crippen molar-refractivity contribution >= 4 is 71.6 Å². The number of benzene rings is 9. The van der Waals surface area contributed by atoms with E-state index in [2.05, 4.69) is 204 Å². The minimum atomic E-state index is 0.873. The standard InChI is InChI=1S/C52H34N2O/c1-2-11-35(12-3-1)36-21-28-40(29-22-36)53(48-18-10-20-50-51(48)46-16-7-9-19-49(46)55-50)41-30-23-37(24-31-41)38-25-32-42(33-26-38)54-47-17-8-6-15-44(47)45-34-27-39-13-4-5-14-43(39)52(45)54/h1-34H. The van der Waals surface area contributed by atoms with Crippen LogP contribution < -0.4 is 4.90 Å². The van der Waals surface area contributed by atoms with Crippen LogP contribution in [-0.2, 0) is 0 Å². The molecule has 0 fully saturated rings. The lowest BCUT2D eigenvalue weighted by Crippen LogP contribution is -2.10. The Morgan fingerprint density at radius 1 is 0.364 bits per heavy atom. The Bertz CT molecular complexity index is 3170. The van der Waals surface area contributed by atoms with Gasteiger partial charge in [-0.25, -0.2) is 0 Å². The number of anilines is 3. The highest BCUT2D eigenvalue weighted by Gasteiger charge is 2.20. The smallest absolute Gasteiger partial charge is 0.137 e. The first-order chi connectivity index (χ1) is 27.3. The molecule has 0 atom stereocenters. The molecular formula is C52H34N2O. The van der Waals surface area contributed by atoms with E-state index >= 15 is 0 Å². The zero-order chi connectivity index (χ0) is 36.3. The summed E-state index contributed by atoms with van der Waals surface area (Å²) in [5.41, 5.74) is 13.3. The van der Waals surface area contributed by atoms with Crippen LogP contribution in [0.25, 0.3) is 82.5 Å². The fraction of sp³-hybridized carbons (Fsp3) is 0. The van der Waals surface area contributed by atoms with Crippen LogP contribution in [0.1, 0.15) is 0 Å². The molecule has 0 unspecified atom stereocenters. The molecule has 0 bridgehead atoms. The third kappa shape index (κ3) is 5.13. The molecule has 55 heavy (non-hydrogen) atoms. The van der Waals surface area contributed by atoms with Crippen LogP contribution in [0, 0.1) is 0 Å². The SMILES string of the molecule is c1ccc(-c2ccc(N(c3ccc(-c4ccc(-n5c6ccccc6c6ccc7ccccc7c65)cc4)cc3)c3cccc4oc5ccccc5c34)cc2)cc1. The molecule has 0 saturated heterocycles. The minimum absolute atomic E-state index is 0.873.